The molecule has 164 valence electrons. The van der Waals surface area contributed by atoms with Crippen molar-refractivity contribution in [2.45, 2.75) is 33.4 Å². The highest BCUT2D eigenvalue weighted by molar-refractivity contribution is 7.92. The molecule has 0 fully saturated rings. The number of carbonyl (C=O) groups excluding carboxylic acids is 1. The van der Waals surface area contributed by atoms with Crippen molar-refractivity contribution in [3.63, 3.8) is 0 Å². The fraction of sp³-hybridized carbons (Fsp3) is 0.381. The van der Waals surface area contributed by atoms with E-state index in [1.807, 2.05) is 13.8 Å². The summed E-state index contributed by atoms with van der Waals surface area (Å²) < 4.78 is 49.8. The highest BCUT2D eigenvalue weighted by Gasteiger charge is 2.29. The molecule has 2 aromatic carbocycles. The van der Waals surface area contributed by atoms with Crippen LogP contribution in [0.3, 0.4) is 0 Å². The Morgan fingerprint density at radius 2 is 1.67 bits per heavy atom. The molecule has 2 rings (SSSR count). The molecule has 0 aliphatic carbocycles. The second-order valence-corrected chi connectivity index (χ2v) is 8.44. The lowest BCUT2D eigenvalue weighted by Gasteiger charge is -2.28. The zero-order valence-electron chi connectivity index (χ0n) is 17.5. The molecule has 0 aliphatic rings. The van der Waals surface area contributed by atoms with E-state index in [2.05, 4.69) is 5.32 Å². The average molecular weight is 439 g/mol. The van der Waals surface area contributed by atoms with E-state index in [0.717, 1.165) is 28.3 Å². The lowest BCUT2D eigenvalue weighted by atomic mass is 10.2. The first kappa shape index (κ1) is 23.5. The van der Waals surface area contributed by atoms with Gasteiger partial charge in [-0.25, -0.2) is 12.8 Å². The van der Waals surface area contributed by atoms with Gasteiger partial charge in [-0.15, -0.1) is 0 Å². The fourth-order valence-electron chi connectivity index (χ4n) is 2.94. The van der Waals surface area contributed by atoms with Crippen molar-refractivity contribution in [1.29, 1.82) is 0 Å². The molecule has 7 nitrogen and oxygen atoms in total. The predicted molar refractivity (Wildman–Crippen MR) is 114 cm³/mol. The first-order chi connectivity index (χ1) is 14.2. The number of rotatable bonds is 10. The summed E-state index contributed by atoms with van der Waals surface area (Å²) in [6.07, 6.45) is 1.00. The standard InChI is InChI=1S/C21H27FN2O5S/c1-5-28-19-12-7-16(13-20(19)29-6-2)14-23-21(25)15(3)24(30(4,26)27)18-10-8-17(22)9-11-18/h7-13,15H,5-6,14H2,1-4H3,(H,23,25)/t15-/m0/s1. The van der Waals surface area contributed by atoms with Gasteiger partial charge in [0.25, 0.3) is 0 Å². The number of halogens is 1. The van der Waals surface area contributed by atoms with Crippen LogP contribution in [-0.2, 0) is 21.4 Å². The lowest BCUT2D eigenvalue weighted by molar-refractivity contribution is -0.122. The smallest absolute Gasteiger partial charge is 0.243 e. The highest BCUT2D eigenvalue weighted by Crippen LogP contribution is 2.28. The number of benzene rings is 2. The van der Waals surface area contributed by atoms with E-state index in [4.69, 9.17) is 9.47 Å². The predicted octanol–water partition coefficient (Wildman–Crippen LogP) is 3.09. The molecule has 9 heteroatoms. The van der Waals surface area contributed by atoms with Gasteiger partial charge in [0.2, 0.25) is 15.9 Å². The topological polar surface area (TPSA) is 84.9 Å². The number of sulfonamides is 1. The van der Waals surface area contributed by atoms with Crippen LogP contribution in [-0.4, -0.2) is 39.8 Å². The maximum atomic E-state index is 13.2. The second-order valence-electron chi connectivity index (χ2n) is 6.58. The van der Waals surface area contributed by atoms with Crippen LogP contribution in [0.15, 0.2) is 42.5 Å². The lowest BCUT2D eigenvalue weighted by Crippen LogP contribution is -2.47. The van der Waals surface area contributed by atoms with E-state index >= 15 is 0 Å². The third kappa shape index (κ3) is 6.09. The van der Waals surface area contributed by atoms with Crippen LogP contribution in [0, 0.1) is 5.82 Å². The number of nitrogens with zero attached hydrogens (tertiary/aromatic N) is 1. The van der Waals surface area contributed by atoms with Gasteiger partial charge >= 0.3 is 0 Å². The second kappa shape index (κ2) is 10.3. The third-order valence-corrected chi connectivity index (χ3v) is 5.49. The van der Waals surface area contributed by atoms with Gasteiger partial charge in [-0.05, 0) is 62.7 Å². The Kier molecular flexibility index (Phi) is 8.05. The number of hydrogen-bond acceptors (Lipinski definition) is 5. The van der Waals surface area contributed by atoms with Gasteiger partial charge in [0.05, 0.1) is 25.2 Å². The summed E-state index contributed by atoms with van der Waals surface area (Å²) in [5, 5.41) is 2.74. The minimum Gasteiger partial charge on any atom is -0.490 e. The minimum atomic E-state index is -3.77. The maximum Gasteiger partial charge on any atom is 0.243 e. The monoisotopic (exact) mass is 438 g/mol. The average Bonchev–Trinajstić information content (AvgIpc) is 2.68. The molecule has 1 N–H and O–H groups in total. The van der Waals surface area contributed by atoms with Crippen molar-refractivity contribution in [2.24, 2.45) is 0 Å². The van der Waals surface area contributed by atoms with Crippen molar-refractivity contribution in [1.82, 2.24) is 5.32 Å². The first-order valence-electron chi connectivity index (χ1n) is 9.58. The molecule has 0 spiro atoms. The van der Waals surface area contributed by atoms with Crippen LogP contribution in [0.2, 0.25) is 0 Å². The summed E-state index contributed by atoms with van der Waals surface area (Å²) in [6.45, 7) is 6.35. The number of carbonyl (C=O) groups is 1. The zero-order valence-corrected chi connectivity index (χ0v) is 18.3. The Hall–Kier alpha value is -2.81. The van der Waals surface area contributed by atoms with Gasteiger partial charge in [-0.1, -0.05) is 6.07 Å². The van der Waals surface area contributed by atoms with Crippen LogP contribution >= 0.6 is 0 Å². The quantitative estimate of drug-likeness (QED) is 0.616. The molecule has 0 heterocycles. The van der Waals surface area contributed by atoms with Crippen LogP contribution in [0.5, 0.6) is 11.5 Å². The van der Waals surface area contributed by atoms with E-state index in [9.17, 15) is 17.6 Å². The number of ether oxygens (including phenoxy) is 2. The molecule has 0 saturated heterocycles. The third-order valence-electron chi connectivity index (χ3n) is 4.24. The zero-order chi connectivity index (χ0) is 22.3. The van der Waals surface area contributed by atoms with E-state index in [1.165, 1.54) is 19.1 Å². The van der Waals surface area contributed by atoms with E-state index in [1.54, 1.807) is 18.2 Å². The maximum absolute atomic E-state index is 13.2. The molecule has 0 aromatic heterocycles. The molecule has 0 aliphatic heterocycles. The Morgan fingerprint density at radius 3 is 2.23 bits per heavy atom. The molecular weight excluding hydrogens is 411 g/mol. The largest absolute Gasteiger partial charge is 0.490 e. The van der Waals surface area contributed by atoms with Crippen LogP contribution < -0.4 is 19.1 Å². The summed E-state index contributed by atoms with van der Waals surface area (Å²) >= 11 is 0. The Bertz CT molecular complexity index is 964. The highest BCUT2D eigenvalue weighted by atomic mass is 32.2. The molecule has 0 bridgehead atoms. The van der Waals surface area contributed by atoms with E-state index in [-0.39, 0.29) is 12.2 Å². The van der Waals surface area contributed by atoms with Gasteiger partial charge in [-0.3, -0.25) is 9.10 Å². The minimum absolute atomic E-state index is 0.177. The van der Waals surface area contributed by atoms with Crippen LogP contribution in [0.1, 0.15) is 26.3 Å². The van der Waals surface area contributed by atoms with Gasteiger partial charge in [0, 0.05) is 6.54 Å². The van der Waals surface area contributed by atoms with Crippen LogP contribution in [0.25, 0.3) is 0 Å². The van der Waals surface area contributed by atoms with Crippen molar-refractivity contribution in [2.75, 3.05) is 23.8 Å². The van der Waals surface area contributed by atoms with Gasteiger partial charge in [0.1, 0.15) is 11.9 Å². The molecule has 0 radical (unpaired) electrons. The number of amides is 1. The van der Waals surface area contributed by atoms with Gasteiger partial charge in [0.15, 0.2) is 11.5 Å². The molecule has 0 unspecified atom stereocenters. The van der Waals surface area contributed by atoms with Crippen molar-refractivity contribution < 1.29 is 27.1 Å². The van der Waals surface area contributed by atoms with Crippen molar-refractivity contribution in [3.05, 3.63) is 53.8 Å². The Morgan fingerprint density at radius 1 is 1.07 bits per heavy atom. The number of anilines is 1. The Balaban J connectivity index is 2.15. The van der Waals surface area contributed by atoms with E-state index < -0.39 is 27.8 Å². The van der Waals surface area contributed by atoms with Gasteiger partial charge in [-0.2, -0.15) is 0 Å². The molecule has 1 atom stereocenters. The SMILES string of the molecule is CCOc1ccc(CNC(=O)[C@H](C)N(c2ccc(F)cc2)S(C)(=O)=O)cc1OCC. The first-order valence-corrected chi connectivity index (χ1v) is 11.4. The normalized spacial score (nSPS) is 12.2. The molecular formula is C21H27FN2O5S. The summed E-state index contributed by atoms with van der Waals surface area (Å²) in [7, 11) is -3.77. The summed E-state index contributed by atoms with van der Waals surface area (Å²) in [5.74, 6) is 0.201. The molecule has 2 aromatic rings. The summed E-state index contributed by atoms with van der Waals surface area (Å²) in [5.41, 5.74) is 0.983. The van der Waals surface area contributed by atoms with Gasteiger partial charge < -0.3 is 14.8 Å². The van der Waals surface area contributed by atoms with Crippen molar-refractivity contribution in [3.8, 4) is 11.5 Å². The number of hydrogen-bond donors (Lipinski definition) is 1. The molecule has 0 saturated carbocycles. The summed E-state index contributed by atoms with van der Waals surface area (Å²) in [4.78, 5) is 12.7. The van der Waals surface area contributed by atoms with Crippen LogP contribution in [0.4, 0.5) is 10.1 Å². The molecule has 30 heavy (non-hydrogen) atoms. The molecule has 1 amide bonds. The van der Waals surface area contributed by atoms with Crippen molar-refractivity contribution >= 4 is 21.6 Å². The fourth-order valence-corrected chi connectivity index (χ4v) is 4.11. The summed E-state index contributed by atoms with van der Waals surface area (Å²) in [6, 6.07) is 9.24. The van der Waals surface area contributed by atoms with E-state index in [0.29, 0.717) is 24.7 Å². The Labute approximate surface area is 176 Å². The number of nitrogens with one attached hydrogen (secondary N) is 1.